The number of unbranched alkanes of at least 4 members (excludes halogenated alkanes) is 15. The van der Waals surface area contributed by atoms with E-state index in [1.807, 2.05) is 7.05 Å². The smallest absolute Gasteiger partial charge is 0.0701 e. The van der Waals surface area contributed by atoms with E-state index in [1.165, 1.54) is 96.3 Å². The molecule has 0 aromatic carbocycles. The normalized spacial score (nSPS) is 11.6. The van der Waals surface area contributed by atoms with E-state index in [0.29, 0.717) is 126 Å². The fourth-order valence-corrected chi connectivity index (χ4v) is 5.01. The minimum absolute atomic E-state index is 0.531. The van der Waals surface area contributed by atoms with Gasteiger partial charge >= 0.3 is 0 Å². The average molecular weight is 724 g/mol. The van der Waals surface area contributed by atoms with Crippen LogP contribution in [-0.4, -0.2) is 146 Å². The van der Waals surface area contributed by atoms with Crippen LogP contribution in [0.5, 0.6) is 0 Å². The summed E-state index contributed by atoms with van der Waals surface area (Å²) in [7, 11) is 1.90. The quantitative estimate of drug-likeness (QED) is 0.0685. The van der Waals surface area contributed by atoms with Crippen molar-refractivity contribution in [3.63, 3.8) is 0 Å². The van der Waals surface area contributed by atoms with Gasteiger partial charge in [0.1, 0.15) is 0 Å². The Kier molecular flexibility index (Phi) is 48.1. The Bertz CT molecular complexity index is 531. The van der Waals surface area contributed by atoms with Gasteiger partial charge in [-0.05, 0) is 13.5 Å². The van der Waals surface area contributed by atoms with Gasteiger partial charge in [-0.15, -0.1) is 0 Å². The Morgan fingerprint density at radius 3 is 0.680 bits per heavy atom. The van der Waals surface area contributed by atoms with Crippen LogP contribution >= 0.6 is 0 Å². The van der Waals surface area contributed by atoms with Gasteiger partial charge in [0.05, 0.1) is 126 Å². The van der Waals surface area contributed by atoms with Crippen molar-refractivity contribution >= 4 is 0 Å². The van der Waals surface area contributed by atoms with Crippen LogP contribution in [0, 0.1) is 0 Å². The molecular formula is C39H81NO10. The zero-order chi connectivity index (χ0) is 35.9. The summed E-state index contributed by atoms with van der Waals surface area (Å²) in [6, 6.07) is 0. The predicted molar refractivity (Wildman–Crippen MR) is 202 cm³/mol. The summed E-state index contributed by atoms with van der Waals surface area (Å²) in [4.78, 5) is 0. The van der Waals surface area contributed by atoms with Gasteiger partial charge in [-0.3, -0.25) is 0 Å². The Balaban J connectivity index is 3.04. The van der Waals surface area contributed by atoms with Gasteiger partial charge in [-0.1, -0.05) is 103 Å². The van der Waals surface area contributed by atoms with Gasteiger partial charge < -0.3 is 52.7 Å². The zero-order valence-electron chi connectivity index (χ0n) is 32.7. The maximum absolute atomic E-state index is 5.69. The number of hydrogen-bond donors (Lipinski definition) is 1. The van der Waals surface area contributed by atoms with Gasteiger partial charge in [0.2, 0.25) is 0 Å². The molecule has 11 nitrogen and oxygen atoms in total. The zero-order valence-corrected chi connectivity index (χ0v) is 32.7. The van der Waals surface area contributed by atoms with Crippen molar-refractivity contribution < 1.29 is 47.4 Å². The van der Waals surface area contributed by atoms with Crippen LogP contribution < -0.4 is 5.32 Å². The van der Waals surface area contributed by atoms with E-state index in [4.69, 9.17) is 47.4 Å². The third-order valence-electron chi connectivity index (χ3n) is 7.99. The summed E-state index contributed by atoms with van der Waals surface area (Å²) in [5, 5.41) is 3.03. The number of likely N-dealkylation sites (N-methyl/N-ethyl adjacent to an activating group) is 1. The maximum atomic E-state index is 5.69. The van der Waals surface area contributed by atoms with Crippen molar-refractivity contribution in [1.29, 1.82) is 0 Å². The first kappa shape index (κ1) is 49.6. The van der Waals surface area contributed by atoms with Crippen molar-refractivity contribution in [2.75, 3.05) is 146 Å². The maximum Gasteiger partial charge on any atom is 0.0701 e. The second kappa shape index (κ2) is 48.6. The number of ether oxygens (including phenoxy) is 10. The van der Waals surface area contributed by atoms with Crippen molar-refractivity contribution in [2.24, 2.45) is 0 Å². The van der Waals surface area contributed by atoms with Crippen molar-refractivity contribution in [2.45, 2.75) is 110 Å². The molecule has 0 fully saturated rings. The molecule has 0 rings (SSSR count). The SMILES string of the molecule is CCCCCCCCCCCCCCCCCCOCCOCCOCCOCCOCCOCCOCCOCCOCCOCCNC. The first-order valence-corrected chi connectivity index (χ1v) is 20.3. The summed E-state index contributed by atoms with van der Waals surface area (Å²) < 4.78 is 55.1. The molecule has 1 N–H and O–H groups in total. The average Bonchev–Trinajstić information content (AvgIpc) is 3.13. The largest absolute Gasteiger partial charge is 0.379 e. The molecule has 0 amide bonds. The Hall–Kier alpha value is -0.440. The lowest BCUT2D eigenvalue weighted by molar-refractivity contribution is -0.0264. The van der Waals surface area contributed by atoms with Crippen LogP contribution in [-0.2, 0) is 47.4 Å². The van der Waals surface area contributed by atoms with E-state index in [1.54, 1.807) is 0 Å². The summed E-state index contributed by atoms with van der Waals surface area (Å²) in [5.41, 5.74) is 0. The van der Waals surface area contributed by atoms with Crippen molar-refractivity contribution in [3.05, 3.63) is 0 Å². The van der Waals surface area contributed by atoms with Gasteiger partial charge in [-0.25, -0.2) is 0 Å². The van der Waals surface area contributed by atoms with Gasteiger partial charge in [0, 0.05) is 13.2 Å². The molecule has 0 bridgehead atoms. The Morgan fingerprint density at radius 1 is 0.240 bits per heavy atom. The first-order valence-electron chi connectivity index (χ1n) is 20.3. The molecule has 0 aliphatic rings. The molecule has 302 valence electrons. The van der Waals surface area contributed by atoms with Crippen LogP contribution in [0.2, 0.25) is 0 Å². The standard InChI is InChI=1S/C39H81NO10/c1-3-4-5-6-7-8-9-10-11-12-13-14-15-16-17-18-20-41-22-24-43-26-28-45-30-32-47-34-36-49-38-39-50-37-35-48-33-31-46-29-27-44-25-23-42-21-19-40-2/h40H,3-39H2,1-2H3. The van der Waals surface area contributed by atoms with E-state index in [0.717, 1.165) is 19.6 Å². The summed E-state index contributed by atoms with van der Waals surface area (Å²) >= 11 is 0. The van der Waals surface area contributed by atoms with E-state index in [9.17, 15) is 0 Å². The molecule has 0 heterocycles. The molecule has 0 aliphatic heterocycles. The molecule has 0 aromatic rings. The fourth-order valence-electron chi connectivity index (χ4n) is 5.01. The highest BCUT2D eigenvalue weighted by atomic mass is 16.6. The van der Waals surface area contributed by atoms with Crippen LogP contribution in [0.3, 0.4) is 0 Å². The van der Waals surface area contributed by atoms with Crippen LogP contribution in [0.15, 0.2) is 0 Å². The second-order valence-corrected chi connectivity index (χ2v) is 12.5. The molecule has 0 unspecified atom stereocenters. The molecule has 0 atom stereocenters. The molecule has 50 heavy (non-hydrogen) atoms. The Labute approximate surface area is 307 Å². The number of hydrogen-bond acceptors (Lipinski definition) is 11. The first-order chi connectivity index (χ1) is 24.9. The molecule has 0 saturated carbocycles. The van der Waals surface area contributed by atoms with Gasteiger partial charge in [0.15, 0.2) is 0 Å². The van der Waals surface area contributed by atoms with E-state index in [-0.39, 0.29) is 0 Å². The minimum atomic E-state index is 0.531. The third kappa shape index (κ3) is 47.6. The summed E-state index contributed by atoms with van der Waals surface area (Å²) in [6.45, 7) is 14.8. The molecule has 0 spiro atoms. The molecule has 11 heteroatoms. The lowest BCUT2D eigenvalue weighted by Gasteiger charge is -2.09. The molecule has 0 aromatic heterocycles. The van der Waals surface area contributed by atoms with Gasteiger partial charge in [0.25, 0.3) is 0 Å². The second-order valence-electron chi connectivity index (χ2n) is 12.5. The van der Waals surface area contributed by atoms with Crippen LogP contribution in [0.1, 0.15) is 110 Å². The van der Waals surface area contributed by atoms with Crippen LogP contribution in [0.25, 0.3) is 0 Å². The fraction of sp³-hybridized carbons (Fsp3) is 1.00. The molecule has 0 aliphatic carbocycles. The van der Waals surface area contributed by atoms with Crippen molar-refractivity contribution in [3.8, 4) is 0 Å². The third-order valence-corrected chi connectivity index (χ3v) is 7.99. The van der Waals surface area contributed by atoms with Crippen LogP contribution in [0.4, 0.5) is 0 Å². The lowest BCUT2D eigenvalue weighted by Crippen LogP contribution is -2.17. The number of rotatable bonds is 47. The minimum Gasteiger partial charge on any atom is -0.379 e. The summed E-state index contributed by atoms with van der Waals surface area (Å²) in [5.74, 6) is 0. The predicted octanol–water partition coefficient (Wildman–Crippen LogP) is 6.63. The van der Waals surface area contributed by atoms with E-state index in [2.05, 4.69) is 12.2 Å². The topological polar surface area (TPSA) is 104 Å². The summed E-state index contributed by atoms with van der Waals surface area (Å²) in [6.07, 6.45) is 22.2. The van der Waals surface area contributed by atoms with Crippen molar-refractivity contribution in [1.82, 2.24) is 5.32 Å². The molecule has 0 radical (unpaired) electrons. The highest BCUT2D eigenvalue weighted by molar-refractivity contribution is 4.50. The van der Waals surface area contributed by atoms with Gasteiger partial charge in [-0.2, -0.15) is 0 Å². The van der Waals surface area contributed by atoms with E-state index >= 15 is 0 Å². The highest BCUT2D eigenvalue weighted by Gasteiger charge is 1.98. The molecule has 0 saturated heterocycles. The lowest BCUT2D eigenvalue weighted by atomic mass is 10.0. The Morgan fingerprint density at radius 2 is 0.440 bits per heavy atom. The molecular weight excluding hydrogens is 642 g/mol. The number of nitrogens with one attached hydrogen (secondary N) is 1. The monoisotopic (exact) mass is 724 g/mol. The van der Waals surface area contributed by atoms with E-state index < -0.39 is 0 Å². The highest BCUT2D eigenvalue weighted by Crippen LogP contribution is 2.13.